The van der Waals surface area contributed by atoms with E-state index < -0.39 is 21.0 Å². The highest BCUT2D eigenvalue weighted by Gasteiger charge is 2.36. The van der Waals surface area contributed by atoms with Crippen molar-refractivity contribution in [3.05, 3.63) is 39.8 Å². The van der Waals surface area contributed by atoms with Crippen LogP contribution in [0.3, 0.4) is 0 Å². The van der Waals surface area contributed by atoms with Gasteiger partial charge in [0, 0.05) is 31.1 Å². The van der Waals surface area contributed by atoms with Crippen molar-refractivity contribution in [1.82, 2.24) is 9.80 Å². The minimum Gasteiger partial charge on any atom is -0.342 e. The number of hydrogen-bond donors (Lipinski definition) is 0. The predicted octanol–water partition coefficient (Wildman–Crippen LogP) is 2.41. The number of benzene rings is 1. The molecule has 10 heteroatoms. The van der Waals surface area contributed by atoms with Crippen molar-refractivity contribution in [3.63, 3.8) is 0 Å². The third-order valence-corrected chi connectivity index (χ3v) is 7.61. The number of rotatable bonds is 5. The van der Waals surface area contributed by atoms with Crippen LogP contribution in [0.25, 0.3) is 6.08 Å². The van der Waals surface area contributed by atoms with Crippen molar-refractivity contribution >= 4 is 56.3 Å². The summed E-state index contributed by atoms with van der Waals surface area (Å²) in [5.41, 5.74) is 0.705. The number of amides is 3. The van der Waals surface area contributed by atoms with Crippen LogP contribution in [-0.4, -0.2) is 66.4 Å². The zero-order valence-corrected chi connectivity index (χ0v) is 17.5. The molecule has 1 aromatic carbocycles. The summed E-state index contributed by atoms with van der Waals surface area (Å²) < 4.78 is 23.2. The van der Waals surface area contributed by atoms with Gasteiger partial charge in [0.2, 0.25) is 5.91 Å². The molecule has 2 saturated heterocycles. The minimum absolute atomic E-state index is 0.0415. The molecule has 1 aromatic rings. The van der Waals surface area contributed by atoms with Gasteiger partial charge in [-0.05, 0) is 42.0 Å². The molecular weight excluding hydrogens is 424 g/mol. The van der Waals surface area contributed by atoms with Crippen molar-refractivity contribution in [3.8, 4) is 0 Å². The maximum atomic E-state index is 12.5. The summed E-state index contributed by atoms with van der Waals surface area (Å²) in [6.07, 6.45) is 1.96. The maximum Gasteiger partial charge on any atom is 0.293 e. The Bertz CT molecular complexity index is 960. The molecule has 0 aromatic heterocycles. The fourth-order valence-corrected chi connectivity index (χ4v) is 5.95. The standard InChI is InChI=1S/C18H19ClN2O5S2/c1-20(14-6-8-28(25,26)11-14)16(22)5-7-21-17(23)15(27-18(21)24)10-12-3-2-4-13(19)9-12/h2-4,9-10,14H,5-8,11H2,1H3/b15-10+/t14-/m1/s1. The molecular formula is C18H19ClN2O5S2. The van der Waals surface area contributed by atoms with Crippen molar-refractivity contribution < 1.29 is 22.8 Å². The van der Waals surface area contributed by atoms with E-state index in [-0.39, 0.29) is 41.3 Å². The quantitative estimate of drug-likeness (QED) is 0.650. The molecule has 2 aliphatic rings. The number of carbonyl (C=O) groups is 3. The molecule has 1 atom stereocenters. The SMILES string of the molecule is CN(C(=O)CCN1C(=O)S/C(=C/c2cccc(Cl)c2)C1=O)[C@@H]1CCS(=O)(=O)C1. The molecule has 0 radical (unpaired) electrons. The molecule has 0 N–H and O–H groups in total. The third-order valence-electron chi connectivity index (χ3n) is 4.72. The Morgan fingerprint density at radius 3 is 2.79 bits per heavy atom. The Morgan fingerprint density at radius 2 is 2.14 bits per heavy atom. The molecule has 0 unspecified atom stereocenters. The lowest BCUT2D eigenvalue weighted by molar-refractivity contribution is -0.132. The number of thioether (sulfide) groups is 1. The van der Waals surface area contributed by atoms with E-state index in [1.165, 1.54) is 4.90 Å². The Balaban J connectivity index is 1.61. The molecule has 2 fully saturated rings. The topological polar surface area (TPSA) is 91.8 Å². The normalized spacial score (nSPS) is 22.9. The molecule has 2 heterocycles. The van der Waals surface area contributed by atoms with Gasteiger partial charge in [0.1, 0.15) is 0 Å². The number of imide groups is 1. The zero-order valence-electron chi connectivity index (χ0n) is 15.1. The molecule has 7 nitrogen and oxygen atoms in total. The van der Waals surface area contributed by atoms with E-state index >= 15 is 0 Å². The summed E-state index contributed by atoms with van der Waals surface area (Å²) in [7, 11) is -1.54. The van der Waals surface area contributed by atoms with Crippen LogP contribution < -0.4 is 0 Å². The van der Waals surface area contributed by atoms with Gasteiger partial charge >= 0.3 is 0 Å². The van der Waals surface area contributed by atoms with Crippen molar-refractivity contribution in [2.45, 2.75) is 18.9 Å². The fraction of sp³-hybridized carbons (Fsp3) is 0.389. The van der Waals surface area contributed by atoms with Gasteiger partial charge in [-0.3, -0.25) is 19.3 Å². The highest BCUT2D eigenvalue weighted by Crippen LogP contribution is 2.32. The second-order valence-corrected chi connectivity index (χ2v) is 10.4. The first-order chi connectivity index (χ1) is 13.2. The Kier molecular flexibility index (Phi) is 6.16. The van der Waals surface area contributed by atoms with Gasteiger partial charge in [0.25, 0.3) is 11.1 Å². The fourth-order valence-electron chi connectivity index (χ4n) is 3.11. The lowest BCUT2D eigenvalue weighted by atomic mass is 10.2. The van der Waals surface area contributed by atoms with Crippen LogP contribution in [-0.2, 0) is 19.4 Å². The molecule has 3 amide bonds. The third kappa shape index (κ3) is 4.76. The van der Waals surface area contributed by atoms with E-state index in [4.69, 9.17) is 11.6 Å². The van der Waals surface area contributed by atoms with Gasteiger partial charge in [-0.1, -0.05) is 23.7 Å². The van der Waals surface area contributed by atoms with E-state index in [2.05, 4.69) is 0 Å². The highest BCUT2D eigenvalue weighted by molar-refractivity contribution is 8.18. The van der Waals surface area contributed by atoms with E-state index in [1.54, 1.807) is 37.4 Å². The van der Waals surface area contributed by atoms with E-state index in [9.17, 15) is 22.8 Å². The van der Waals surface area contributed by atoms with E-state index in [0.717, 1.165) is 16.7 Å². The maximum absolute atomic E-state index is 12.5. The van der Waals surface area contributed by atoms with Gasteiger partial charge in [0.15, 0.2) is 9.84 Å². The molecule has 0 aliphatic carbocycles. The van der Waals surface area contributed by atoms with Crippen molar-refractivity contribution in [1.29, 1.82) is 0 Å². The minimum atomic E-state index is -3.10. The van der Waals surface area contributed by atoms with Crippen LogP contribution in [0.5, 0.6) is 0 Å². The smallest absolute Gasteiger partial charge is 0.293 e. The van der Waals surface area contributed by atoms with Crippen LogP contribution in [0.2, 0.25) is 5.02 Å². The Hall–Kier alpha value is -1.84. The van der Waals surface area contributed by atoms with Crippen LogP contribution in [0.15, 0.2) is 29.2 Å². The molecule has 150 valence electrons. The second kappa shape index (κ2) is 8.26. The van der Waals surface area contributed by atoms with Gasteiger partial charge in [0.05, 0.1) is 16.4 Å². The van der Waals surface area contributed by atoms with Crippen LogP contribution in [0.4, 0.5) is 4.79 Å². The van der Waals surface area contributed by atoms with Crippen LogP contribution in [0.1, 0.15) is 18.4 Å². The summed E-state index contributed by atoms with van der Waals surface area (Å²) in [6.45, 7) is -0.0415. The first-order valence-electron chi connectivity index (χ1n) is 8.63. The second-order valence-electron chi connectivity index (χ2n) is 6.70. The molecule has 2 aliphatic heterocycles. The largest absolute Gasteiger partial charge is 0.342 e. The summed E-state index contributed by atoms with van der Waals surface area (Å²) in [5, 5.41) is 0.0905. The average Bonchev–Trinajstić information content (AvgIpc) is 3.11. The lowest BCUT2D eigenvalue weighted by Gasteiger charge is -2.24. The number of sulfone groups is 1. The summed E-state index contributed by atoms with van der Waals surface area (Å²) in [4.78, 5) is 39.8. The molecule has 28 heavy (non-hydrogen) atoms. The van der Waals surface area contributed by atoms with Crippen molar-refractivity contribution in [2.24, 2.45) is 0 Å². The zero-order chi connectivity index (χ0) is 20.5. The average molecular weight is 443 g/mol. The van der Waals surface area contributed by atoms with Gasteiger partial charge in [-0.15, -0.1) is 0 Å². The number of halogens is 1. The lowest BCUT2D eigenvalue weighted by Crippen LogP contribution is -2.40. The summed E-state index contributed by atoms with van der Waals surface area (Å²) in [6, 6.07) is 6.56. The van der Waals surface area contributed by atoms with Crippen LogP contribution in [0, 0.1) is 0 Å². The summed E-state index contributed by atoms with van der Waals surface area (Å²) in [5.74, 6) is -0.708. The molecule has 0 saturated carbocycles. The Labute approximate surface area is 172 Å². The van der Waals surface area contributed by atoms with Gasteiger partial charge < -0.3 is 4.90 Å². The first-order valence-corrected chi connectivity index (χ1v) is 11.6. The first kappa shape index (κ1) is 20.9. The molecule has 0 spiro atoms. The number of hydrogen-bond acceptors (Lipinski definition) is 6. The summed E-state index contributed by atoms with van der Waals surface area (Å²) >= 11 is 6.75. The van der Waals surface area contributed by atoms with Crippen LogP contribution >= 0.6 is 23.4 Å². The Morgan fingerprint density at radius 1 is 1.39 bits per heavy atom. The number of nitrogens with zero attached hydrogens (tertiary/aromatic N) is 2. The molecule has 0 bridgehead atoms. The van der Waals surface area contributed by atoms with Gasteiger partial charge in [-0.25, -0.2) is 8.42 Å². The van der Waals surface area contributed by atoms with E-state index in [0.29, 0.717) is 17.0 Å². The molecule has 3 rings (SSSR count). The van der Waals surface area contributed by atoms with E-state index in [1.807, 2.05) is 0 Å². The number of carbonyl (C=O) groups excluding carboxylic acids is 3. The predicted molar refractivity (Wildman–Crippen MR) is 109 cm³/mol. The van der Waals surface area contributed by atoms with Gasteiger partial charge in [-0.2, -0.15) is 0 Å². The monoisotopic (exact) mass is 442 g/mol. The van der Waals surface area contributed by atoms with Crippen molar-refractivity contribution in [2.75, 3.05) is 25.1 Å². The highest BCUT2D eigenvalue weighted by atomic mass is 35.5.